The van der Waals surface area contributed by atoms with Crippen molar-refractivity contribution in [1.29, 1.82) is 0 Å². The molecule has 0 radical (unpaired) electrons. The molecule has 0 aliphatic carbocycles. The normalized spacial score (nSPS) is 16.2. The standard InChI is InChI=1S/C25H21F3N4O2/c1-15-23(18-10-11-34-14-18)31-22-9-7-20(13-32(15)22)30-24(33)17-4-2-16(3-5-17)21-8-6-19(12-29-21)25(26,27)28/h2-9,12-13,18H,10-11,14H2,1H3,(H,30,33). The lowest BCUT2D eigenvalue weighted by molar-refractivity contribution is -0.137. The van der Waals surface area contributed by atoms with E-state index in [9.17, 15) is 18.0 Å². The van der Waals surface area contributed by atoms with E-state index in [1.54, 1.807) is 30.3 Å². The van der Waals surface area contributed by atoms with Gasteiger partial charge in [-0.15, -0.1) is 0 Å². The number of aryl methyl sites for hydroxylation is 1. The summed E-state index contributed by atoms with van der Waals surface area (Å²) in [6.45, 7) is 3.42. The summed E-state index contributed by atoms with van der Waals surface area (Å²) < 4.78 is 45.6. The van der Waals surface area contributed by atoms with Crippen molar-refractivity contribution in [2.24, 2.45) is 0 Å². The van der Waals surface area contributed by atoms with Crippen molar-refractivity contribution in [2.45, 2.75) is 25.4 Å². The number of amides is 1. The first-order valence-corrected chi connectivity index (χ1v) is 10.8. The molecule has 4 aromatic rings. The molecular weight excluding hydrogens is 445 g/mol. The Hall–Kier alpha value is -3.72. The van der Waals surface area contributed by atoms with E-state index in [-0.39, 0.29) is 11.8 Å². The first kappa shape index (κ1) is 22.1. The SMILES string of the molecule is Cc1c(C2CCOC2)nc2ccc(NC(=O)c3ccc(-c4ccc(C(F)(F)F)cn4)cc3)cn12. The number of carbonyl (C=O) groups is 1. The molecule has 5 rings (SSSR count). The van der Waals surface area contributed by atoms with E-state index in [1.807, 2.05) is 23.6 Å². The molecular formula is C25H21F3N4O2. The van der Waals surface area contributed by atoms with Crippen molar-refractivity contribution >= 4 is 17.2 Å². The van der Waals surface area contributed by atoms with Crippen molar-refractivity contribution in [3.63, 3.8) is 0 Å². The number of hydrogen-bond acceptors (Lipinski definition) is 4. The number of aromatic nitrogens is 3. The van der Waals surface area contributed by atoms with Crippen LogP contribution in [0.3, 0.4) is 0 Å². The largest absolute Gasteiger partial charge is 0.417 e. The fourth-order valence-electron chi connectivity index (χ4n) is 4.12. The number of hydrogen-bond donors (Lipinski definition) is 1. The zero-order valence-electron chi connectivity index (χ0n) is 18.3. The summed E-state index contributed by atoms with van der Waals surface area (Å²) in [5.41, 5.74) is 4.10. The van der Waals surface area contributed by atoms with Crippen LogP contribution in [0.1, 0.15) is 39.6 Å². The first-order chi connectivity index (χ1) is 16.3. The van der Waals surface area contributed by atoms with Gasteiger partial charge in [0.25, 0.3) is 5.91 Å². The topological polar surface area (TPSA) is 68.5 Å². The number of pyridine rings is 2. The number of carbonyl (C=O) groups excluding carboxylic acids is 1. The van der Waals surface area contributed by atoms with Gasteiger partial charge in [0, 0.05) is 41.7 Å². The molecule has 1 N–H and O–H groups in total. The number of benzene rings is 1. The van der Waals surface area contributed by atoms with Crippen molar-refractivity contribution in [3.8, 4) is 11.3 Å². The zero-order valence-corrected chi connectivity index (χ0v) is 18.3. The smallest absolute Gasteiger partial charge is 0.381 e. The molecule has 174 valence electrons. The molecule has 1 aromatic carbocycles. The van der Waals surface area contributed by atoms with E-state index in [4.69, 9.17) is 9.72 Å². The number of fused-ring (bicyclic) bond motifs is 1. The van der Waals surface area contributed by atoms with Crippen molar-refractivity contribution in [1.82, 2.24) is 14.4 Å². The lowest BCUT2D eigenvalue weighted by Crippen LogP contribution is -2.12. The number of rotatable bonds is 4. The van der Waals surface area contributed by atoms with Gasteiger partial charge in [-0.1, -0.05) is 12.1 Å². The summed E-state index contributed by atoms with van der Waals surface area (Å²) >= 11 is 0. The van der Waals surface area contributed by atoms with Gasteiger partial charge in [0.2, 0.25) is 0 Å². The monoisotopic (exact) mass is 466 g/mol. The summed E-state index contributed by atoms with van der Waals surface area (Å²) in [5.74, 6) is -0.0101. The molecule has 0 spiro atoms. The minimum atomic E-state index is -4.43. The third kappa shape index (κ3) is 4.26. The summed E-state index contributed by atoms with van der Waals surface area (Å²) in [4.78, 5) is 21.4. The van der Waals surface area contributed by atoms with Crippen LogP contribution in [-0.2, 0) is 10.9 Å². The second-order valence-electron chi connectivity index (χ2n) is 8.25. The lowest BCUT2D eigenvalue weighted by atomic mass is 10.0. The van der Waals surface area contributed by atoms with Gasteiger partial charge >= 0.3 is 6.18 Å². The van der Waals surface area contributed by atoms with Crippen LogP contribution in [0, 0.1) is 6.92 Å². The van der Waals surface area contributed by atoms with Gasteiger partial charge in [-0.2, -0.15) is 13.2 Å². The molecule has 1 fully saturated rings. The van der Waals surface area contributed by atoms with Crippen LogP contribution in [0.2, 0.25) is 0 Å². The van der Waals surface area contributed by atoms with Crippen LogP contribution in [0.4, 0.5) is 18.9 Å². The number of nitrogens with one attached hydrogen (secondary N) is 1. The van der Waals surface area contributed by atoms with Gasteiger partial charge in [0.1, 0.15) is 5.65 Å². The quantitative estimate of drug-likeness (QED) is 0.433. The van der Waals surface area contributed by atoms with Crippen LogP contribution in [0.25, 0.3) is 16.9 Å². The molecule has 3 aromatic heterocycles. The van der Waals surface area contributed by atoms with Crippen molar-refractivity contribution in [3.05, 3.63) is 83.4 Å². The molecule has 1 aliphatic rings. The summed E-state index contributed by atoms with van der Waals surface area (Å²) in [7, 11) is 0. The van der Waals surface area contributed by atoms with Crippen LogP contribution < -0.4 is 5.32 Å². The first-order valence-electron chi connectivity index (χ1n) is 10.8. The van der Waals surface area contributed by atoms with Crippen LogP contribution >= 0.6 is 0 Å². The minimum absolute atomic E-state index is 0.288. The number of nitrogens with zero attached hydrogens (tertiary/aromatic N) is 3. The van der Waals surface area contributed by atoms with Gasteiger partial charge < -0.3 is 14.5 Å². The predicted molar refractivity (Wildman–Crippen MR) is 121 cm³/mol. The number of imidazole rings is 1. The minimum Gasteiger partial charge on any atom is -0.381 e. The number of ether oxygens (including phenoxy) is 1. The van der Waals surface area contributed by atoms with Gasteiger partial charge in [0.15, 0.2) is 0 Å². The third-order valence-corrected chi connectivity index (χ3v) is 6.00. The molecule has 6 nitrogen and oxygen atoms in total. The average Bonchev–Trinajstić information content (AvgIpc) is 3.47. The predicted octanol–water partition coefficient (Wildman–Crippen LogP) is 5.48. The molecule has 34 heavy (non-hydrogen) atoms. The molecule has 1 saturated heterocycles. The second kappa shape index (κ2) is 8.57. The van der Waals surface area contributed by atoms with Crippen molar-refractivity contribution < 1.29 is 22.7 Å². The number of anilines is 1. The molecule has 1 atom stereocenters. The summed E-state index contributed by atoms with van der Waals surface area (Å²) in [6, 6.07) is 12.5. The lowest BCUT2D eigenvalue weighted by Gasteiger charge is -2.09. The molecule has 0 bridgehead atoms. The molecule has 4 heterocycles. The molecule has 1 unspecified atom stereocenters. The highest BCUT2D eigenvalue weighted by Gasteiger charge is 2.30. The highest BCUT2D eigenvalue weighted by molar-refractivity contribution is 6.04. The highest BCUT2D eigenvalue weighted by Crippen LogP contribution is 2.30. The van der Waals surface area contributed by atoms with Crippen LogP contribution in [0.5, 0.6) is 0 Å². The Morgan fingerprint density at radius 2 is 1.91 bits per heavy atom. The van der Waals surface area contributed by atoms with Gasteiger partial charge in [0.05, 0.1) is 29.2 Å². The van der Waals surface area contributed by atoms with E-state index in [0.29, 0.717) is 29.1 Å². The summed E-state index contributed by atoms with van der Waals surface area (Å²) in [6.07, 6.45) is -0.838. The number of alkyl halides is 3. The fraction of sp³-hybridized carbons (Fsp3) is 0.240. The van der Waals surface area contributed by atoms with E-state index >= 15 is 0 Å². The number of halogens is 3. The molecule has 1 amide bonds. The zero-order chi connectivity index (χ0) is 23.9. The Morgan fingerprint density at radius 3 is 2.56 bits per heavy atom. The Morgan fingerprint density at radius 1 is 1.12 bits per heavy atom. The van der Waals surface area contributed by atoms with Crippen LogP contribution in [-0.4, -0.2) is 33.5 Å². The maximum absolute atomic E-state index is 12.8. The second-order valence-corrected chi connectivity index (χ2v) is 8.25. The van der Waals surface area contributed by atoms with Gasteiger partial charge in [-0.3, -0.25) is 9.78 Å². The molecule has 1 aliphatic heterocycles. The Kier molecular flexibility index (Phi) is 5.57. The Bertz CT molecular complexity index is 1340. The summed E-state index contributed by atoms with van der Waals surface area (Å²) in [5, 5.41) is 2.89. The van der Waals surface area contributed by atoms with E-state index in [2.05, 4.69) is 10.3 Å². The Labute approximate surface area is 193 Å². The maximum atomic E-state index is 12.8. The van der Waals surface area contributed by atoms with Gasteiger partial charge in [-0.05, 0) is 49.7 Å². The fourth-order valence-corrected chi connectivity index (χ4v) is 4.12. The van der Waals surface area contributed by atoms with Crippen LogP contribution in [0.15, 0.2) is 60.9 Å². The van der Waals surface area contributed by atoms with Crippen molar-refractivity contribution in [2.75, 3.05) is 18.5 Å². The molecule has 9 heteroatoms. The molecule has 0 saturated carbocycles. The van der Waals surface area contributed by atoms with E-state index in [1.165, 1.54) is 6.07 Å². The van der Waals surface area contributed by atoms with E-state index in [0.717, 1.165) is 42.3 Å². The Balaban J connectivity index is 1.31. The third-order valence-electron chi connectivity index (χ3n) is 6.00. The van der Waals surface area contributed by atoms with E-state index < -0.39 is 11.7 Å². The maximum Gasteiger partial charge on any atom is 0.417 e. The van der Waals surface area contributed by atoms with Gasteiger partial charge in [-0.25, -0.2) is 4.98 Å². The highest BCUT2D eigenvalue weighted by atomic mass is 19.4. The average molecular weight is 466 g/mol.